The fraction of sp³-hybridized carbons (Fsp3) is 0.769. The Hall–Kier alpha value is -1.79. The number of hydrogen-bond donors (Lipinski definition) is 4. The van der Waals surface area contributed by atoms with Gasteiger partial charge in [-0.3, -0.25) is 10.2 Å². The fourth-order valence-electron chi connectivity index (χ4n) is 1.94. The Morgan fingerprint density at radius 3 is 2.00 bits per heavy atom. The molecule has 1 aliphatic rings. The third-order valence-electron chi connectivity index (χ3n) is 2.71. The number of carbonyl (C=O) groups excluding carboxylic acids is 1. The summed E-state index contributed by atoms with van der Waals surface area (Å²) >= 11 is 0. The first-order chi connectivity index (χ1) is 8.98. The van der Waals surface area contributed by atoms with Crippen LogP contribution in [-0.2, 0) is 9.53 Å². The van der Waals surface area contributed by atoms with E-state index in [1.54, 1.807) is 0 Å². The Balaban J connectivity index is 0.000000796. The van der Waals surface area contributed by atoms with Crippen LogP contribution < -0.4 is 11.1 Å². The first-order valence-electron chi connectivity index (χ1n) is 6.54. The van der Waals surface area contributed by atoms with Crippen LogP contribution in [0.15, 0.2) is 0 Å². The Kier molecular flexibility index (Phi) is 6.48. The van der Waals surface area contributed by atoms with Gasteiger partial charge in [0, 0.05) is 6.92 Å². The van der Waals surface area contributed by atoms with Gasteiger partial charge in [0.2, 0.25) is 0 Å². The number of ether oxygens (including phenoxy) is 1. The molecule has 0 aromatic rings. The van der Waals surface area contributed by atoms with Crippen LogP contribution in [0.2, 0.25) is 0 Å². The summed E-state index contributed by atoms with van der Waals surface area (Å²) in [7, 11) is 0. The first-order valence-corrected chi connectivity index (χ1v) is 6.54. The van der Waals surface area contributed by atoms with Crippen molar-refractivity contribution in [3.05, 3.63) is 0 Å². The Labute approximate surface area is 119 Å². The van der Waals surface area contributed by atoms with Crippen LogP contribution in [0.4, 0.5) is 4.79 Å². The second kappa shape index (κ2) is 7.12. The summed E-state index contributed by atoms with van der Waals surface area (Å²) in [6, 6.07) is 0. The number of aliphatic carboxylic acids is 1. The molecule has 0 saturated heterocycles. The molecule has 0 spiro atoms. The molecule has 0 heterocycles. The van der Waals surface area contributed by atoms with Gasteiger partial charge in [0.15, 0.2) is 0 Å². The molecule has 0 aliphatic heterocycles. The number of alkyl carbamates (subject to hydrolysis) is 1. The van der Waals surface area contributed by atoms with Gasteiger partial charge in [0.05, 0.1) is 5.54 Å². The highest BCUT2D eigenvalue weighted by atomic mass is 16.6. The maximum Gasteiger partial charge on any atom is 0.408 e. The molecule has 0 aromatic heterocycles. The number of hydrogen-bond acceptors (Lipinski definition) is 4. The summed E-state index contributed by atoms with van der Waals surface area (Å²) in [5, 5.41) is 17.7. The van der Waals surface area contributed by atoms with Gasteiger partial charge in [0.25, 0.3) is 5.97 Å². The van der Waals surface area contributed by atoms with E-state index >= 15 is 0 Å². The molecule has 0 radical (unpaired) electrons. The number of carboxylic acid groups (broad SMARTS) is 1. The van der Waals surface area contributed by atoms with Crippen LogP contribution >= 0.6 is 0 Å². The van der Waals surface area contributed by atoms with Crippen LogP contribution in [0.5, 0.6) is 0 Å². The maximum atomic E-state index is 11.6. The second-order valence-electron chi connectivity index (χ2n) is 5.85. The average molecular weight is 287 g/mol. The summed E-state index contributed by atoms with van der Waals surface area (Å²) in [5.74, 6) is -0.809. The SMILES string of the molecule is CC(=O)O.CC(C)(C)OC(=O)NC1(C(=N)N)CCCC1. The molecule has 1 amide bonds. The number of carbonyl (C=O) groups is 2. The Morgan fingerprint density at radius 1 is 1.30 bits per heavy atom. The quantitative estimate of drug-likeness (QED) is 0.455. The van der Waals surface area contributed by atoms with E-state index in [0.29, 0.717) is 0 Å². The summed E-state index contributed by atoms with van der Waals surface area (Å²) in [6.45, 7) is 6.50. The van der Waals surface area contributed by atoms with Crippen molar-refractivity contribution in [3.63, 3.8) is 0 Å². The molecule has 5 N–H and O–H groups in total. The van der Waals surface area contributed by atoms with E-state index in [9.17, 15) is 4.79 Å². The third-order valence-corrected chi connectivity index (χ3v) is 2.71. The minimum Gasteiger partial charge on any atom is -0.481 e. The average Bonchev–Trinajstić information content (AvgIpc) is 2.62. The molecule has 7 nitrogen and oxygen atoms in total. The Morgan fingerprint density at radius 2 is 1.70 bits per heavy atom. The van der Waals surface area contributed by atoms with Crippen LogP contribution in [0, 0.1) is 5.41 Å². The lowest BCUT2D eigenvalue weighted by Gasteiger charge is -2.30. The molecule has 116 valence electrons. The molecule has 0 atom stereocenters. The van der Waals surface area contributed by atoms with Gasteiger partial charge in [0.1, 0.15) is 11.4 Å². The van der Waals surface area contributed by atoms with Crippen molar-refractivity contribution in [3.8, 4) is 0 Å². The minimum absolute atomic E-state index is 0.0239. The van der Waals surface area contributed by atoms with Crippen molar-refractivity contribution in [1.29, 1.82) is 5.41 Å². The normalized spacial score (nSPS) is 16.6. The smallest absolute Gasteiger partial charge is 0.408 e. The van der Waals surface area contributed by atoms with Gasteiger partial charge >= 0.3 is 6.09 Å². The highest BCUT2D eigenvalue weighted by molar-refractivity contribution is 5.91. The van der Waals surface area contributed by atoms with Gasteiger partial charge in [-0.05, 0) is 33.6 Å². The number of nitrogens with two attached hydrogens (primary N) is 1. The summed E-state index contributed by atoms with van der Waals surface area (Å²) < 4.78 is 5.17. The fourth-order valence-corrected chi connectivity index (χ4v) is 1.94. The molecule has 1 aliphatic carbocycles. The largest absolute Gasteiger partial charge is 0.481 e. The standard InChI is InChI=1S/C11H21N3O2.C2H4O2/c1-10(2,3)16-9(15)14-11(8(12)13)6-4-5-7-11;1-2(3)4/h4-7H2,1-3H3,(H3,12,13)(H,14,15);1H3,(H,3,4). The lowest BCUT2D eigenvalue weighted by Crippen LogP contribution is -2.56. The van der Waals surface area contributed by atoms with E-state index in [1.807, 2.05) is 20.8 Å². The minimum atomic E-state index is -0.833. The number of nitrogens with one attached hydrogen (secondary N) is 2. The molecule has 7 heteroatoms. The molecular weight excluding hydrogens is 262 g/mol. The predicted octanol–water partition coefficient (Wildman–Crippen LogP) is 1.85. The third kappa shape index (κ3) is 6.96. The van der Waals surface area contributed by atoms with E-state index in [2.05, 4.69) is 5.32 Å². The number of rotatable bonds is 2. The van der Waals surface area contributed by atoms with Gasteiger partial charge < -0.3 is 20.9 Å². The van der Waals surface area contributed by atoms with Crippen molar-refractivity contribution in [1.82, 2.24) is 5.32 Å². The van der Waals surface area contributed by atoms with E-state index in [1.165, 1.54) is 0 Å². The van der Waals surface area contributed by atoms with Crippen molar-refractivity contribution in [2.24, 2.45) is 5.73 Å². The van der Waals surface area contributed by atoms with Gasteiger partial charge in [-0.15, -0.1) is 0 Å². The summed E-state index contributed by atoms with van der Waals surface area (Å²) in [5.41, 5.74) is 4.35. The van der Waals surface area contributed by atoms with Crippen molar-refractivity contribution in [2.45, 2.75) is 64.5 Å². The highest BCUT2D eigenvalue weighted by Crippen LogP contribution is 2.29. The van der Waals surface area contributed by atoms with Crippen LogP contribution in [-0.4, -0.2) is 34.1 Å². The van der Waals surface area contributed by atoms with Crippen LogP contribution in [0.1, 0.15) is 53.4 Å². The zero-order valence-corrected chi connectivity index (χ0v) is 12.6. The molecular formula is C13H25N3O4. The highest BCUT2D eigenvalue weighted by Gasteiger charge is 2.39. The predicted molar refractivity (Wildman–Crippen MR) is 75.8 cm³/mol. The molecule has 1 fully saturated rings. The lowest BCUT2D eigenvalue weighted by molar-refractivity contribution is -0.134. The molecule has 0 aromatic carbocycles. The monoisotopic (exact) mass is 287 g/mol. The van der Waals surface area contributed by atoms with Gasteiger partial charge in [-0.2, -0.15) is 0 Å². The zero-order valence-electron chi connectivity index (χ0n) is 12.6. The zero-order chi connectivity index (χ0) is 16.0. The second-order valence-corrected chi connectivity index (χ2v) is 5.85. The Bertz CT molecular complexity index is 364. The van der Waals surface area contributed by atoms with Crippen molar-refractivity contribution >= 4 is 17.9 Å². The molecule has 1 saturated carbocycles. The first kappa shape index (κ1) is 18.2. The molecule has 20 heavy (non-hydrogen) atoms. The van der Waals surface area contributed by atoms with Crippen LogP contribution in [0.3, 0.4) is 0 Å². The van der Waals surface area contributed by atoms with E-state index < -0.39 is 23.2 Å². The maximum absolute atomic E-state index is 11.6. The molecule has 0 bridgehead atoms. The van der Waals surface area contributed by atoms with Gasteiger partial charge in [-0.1, -0.05) is 12.8 Å². The summed E-state index contributed by atoms with van der Waals surface area (Å²) in [6.07, 6.45) is 2.91. The summed E-state index contributed by atoms with van der Waals surface area (Å²) in [4.78, 5) is 20.6. The lowest BCUT2D eigenvalue weighted by atomic mass is 9.96. The molecule has 1 rings (SSSR count). The van der Waals surface area contributed by atoms with Crippen molar-refractivity contribution in [2.75, 3.05) is 0 Å². The topological polar surface area (TPSA) is 125 Å². The van der Waals surface area contributed by atoms with E-state index in [4.69, 9.17) is 25.8 Å². The number of carboxylic acids is 1. The van der Waals surface area contributed by atoms with Crippen LogP contribution in [0.25, 0.3) is 0 Å². The van der Waals surface area contributed by atoms with E-state index in [0.717, 1.165) is 32.6 Å². The molecule has 0 unspecified atom stereocenters. The number of amidine groups is 1. The van der Waals surface area contributed by atoms with Gasteiger partial charge in [-0.25, -0.2) is 4.79 Å². The number of amides is 1. The van der Waals surface area contributed by atoms with E-state index in [-0.39, 0.29) is 5.84 Å². The van der Waals surface area contributed by atoms with Crippen molar-refractivity contribution < 1.29 is 19.4 Å².